The summed E-state index contributed by atoms with van der Waals surface area (Å²) in [5.74, 6) is -0.144. The first kappa shape index (κ1) is 21.1. The van der Waals surface area contributed by atoms with Gasteiger partial charge in [0.05, 0.1) is 5.92 Å². The molecule has 7 nitrogen and oxygen atoms in total. The van der Waals surface area contributed by atoms with Gasteiger partial charge < -0.3 is 9.80 Å². The van der Waals surface area contributed by atoms with Crippen molar-refractivity contribution in [1.29, 1.82) is 0 Å². The van der Waals surface area contributed by atoms with E-state index in [1.165, 1.54) is 39.5 Å². The molecule has 1 amide bonds. The van der Waals surface area contributed by atoms with Crippen molar-refractivity contribution in [3.05, 3.63) is 29.3 Å². The Balaban J connectivity index is 1.61. The summed E-state index contributed by atoms with van der Waals surface area (Å²) in [5.41, 5.74) is 3.81. The average Bonchev–Trinajstić information content (AvgIpc) is 2.69. The van der Waals surface area contributed by atoms with Gasteiger partial charge >= 0.3 is 0 Å². The number of hydrogen-bond donors (Lipinski definition) is 0. The Morgan fingerprint density at radius 3 is 2.39 bits per heavy atom. The minimum atomic E-state index is -3.46. The zero-order valence-electron chi connectivity index (χ0n) is 17.4. The lowest BCUT2D eigenvalue weighted by Gasteiger charge is -2.40. The van der Waals surface area contributed by atoms with E-state index in [2.05, 4.69) is 36.9 Å². The first-order valence-electron chi connectivity index (χ1n) is 9.99. The maximum atomic E-state index is 13.0. The molecule has 2 fully saturated rings. The molecular formula is C20H32N4O3S. The molecule has 0 saturated carbocycles. The monoisotopic (exact) mass is 408 g/mol. The molecule has 0 N–H and O–H groups in total. The number of carbonyl (C=O) groups is 1. The van der Waals surface area contributed by atoms with Crippen LogP contribution in [0.5, 0.6) is 0 Å². The third-order valence-electron chi connectivity index (χ3n) is 6.03. The van der Waals surface area contributed by atoms with Crippen molar-refractivity contribution in [3.8, 4) is 0 Å². The summed E-state index contributed by atoms with van der Waals surface area (Å²) in [4.78, 5) is 17.3. The smallest absolute Gasteiger partial charge is 0.281 e. The Morgan fingerprint density at radius 2 is 1.75 bits per heavy atom. The Bertz CT molecular complexity index is 817. The van der Waals surface area contributed by atoms with Gasteiger partial charge in [-0.05, 0) is 43.9 Å². The first-order chi connectivity index (χ1) is 13.2. The van der Waals surface area contributed by atoms with Crippen LogP contribution in [0.15, 0.2) is 18.2 Å². The molecule has 156 valence electrons. The molecule has 1 aromatic rings. The maximum absolute atomic E-state index is 13.0. The highest BCUT2D eigenvalue weighted by Crippen LogP contribution is 2.26. The van der Waals surface area contributed by atoms with Gasteiger partial charge in [0.25, 0.3) is 10.2 Å². The normalized spacial score (nSPS) is 22.0. The Labute approximate surface area is 169 Å². The zero-order valence-corrected chi connectivity index (χ0v) is 18.2. The highest BCUT2D eigenvalue weighted by molar-refractivity contribution is 7.86. The summed E-state index contributed by atoms with van der Waals surface area (Å²) in [6, 6.07) is 6.34. The Kier molecular flexibility index (Phi) is 6.31. The molecule has 2 saturated heterocycles. The Morgan fingerprint density at radius 1 is 1.07 bits per heavy atom. The molecule has 0 unspecified atom stereocenters. The van der Waals surface area contributed by atoms with Crippen molar-refractivity contribution in [1.82, 2.24) is 13.5 Å². The molecule has 28 heavy (non-hydrogen) atoms. The topological polar surface area (TPSA) is 64.2 Å². The number of benzene rings is 1. The van der Waals surface area contributed by atoms with Gasteiger partial charge in [-0.25, -0.2) is 0 Å². The van der Waals surface area contributed by atoms with Crippen LogP contribution >= 0.6 is 0 Å². The number of aryl methyl sites for hydroxylation is 1. The fourth-order valence-electron chi connectivity index (χ4n) is 4.09. The van der Waals surface area contributed by atoms with Crippen LogP contribution in [-0.2, 0) is 15.0 Å². The summed E-state index contributed by atoms with van der Waals surface area (Å²) in [6.45, 7) is 8.03. The van der Waals surface area contributed by atoms with Crippen LogP contribution in [0.25, 0.3) is 0 Å². The quantitative estimate of drug-likeness (QED) is 0.757. The molecule has 2 heterocycles. The van der Waals surface area contributed by atoms with Crippen LogP contribution < -0.4 is 4.90 Å². The van der Waals surface area contributed by atoms with Gasteiger partial charge in [-0.2, -0.15) is 17.0 Å². The van der Waals surface area contributed by atoms with E-state index >= 15 is 0 Å². The van der Waals surface area contributed by atoms with Crippen molar-refractivity contribution < 1.29 is 13.2 Å². The van der Waals surface area contributed by atoms with E-state index in [1.807, 2.05) is 4.90 Å². The van der Waals surface area contributed by atoms with Gasteiger partial charge in [0.1, 0.15) is 0 Å². The lowest BCUT2D eigenvalue weighted by Crippen LogP contribution is -2.54. The number of rotatable bonds is 4. The minimum Gasteiger partial charge on any atom is -0.368 e. The summed E-state index contributed by atoms with van der Waals surface area (Å²) in [5, 5.41) is 0. The second-order valence-corrected chi connectivity index (χ2v) is 10.2. The molecule has 3 rings (SSSR count). The summed E-state index contributed by atoms with van der Waals surface area (Å²) < 4.78 is 27.5. The van der Waals surface area contributed by atoms with Gasteiger partial charge in [0.2, 0.25) is 5.91 Å². The van der Waals surface area contributed by atoms with E-state index in [0.717, 1.165) is 25.9 Å². The van der Waals surface area contributed by atoms with Crippen LogP contribution in [0.2, 0.25) is 0 Å². The second-order valence-electron chi connectivity index (χ2n) is 8.02. The number of piperazine rings is 1. The maximum Gasteiger partial charge on any atom is 0.281 e. The number of amides is 1. The molecule has 1 atom stereocenters. The molecule has 2 aliphatic heterocycles. The van der Waals surface area contributed by atoms with Crippen molar-refractivity contribution >= 4 is 21.8 Å². The number of hydrogen-bond acceptors (Lipinski definition) is 4. The number of carbonyl (C=O) groups excluding carboxylic acids is 1. The standard InChI is InChI=1S/C20H32N4O3S/c1-16-7-5-9-19(17(16)2)22-11-13-23(14-12-22)20(25)18-8-6-10-24(15-18)28(26,27)21(3)4/h5,7,9,18H,6,8,10-15H2,1-4H3/t18-/m0/s1. The molecule has 0 aliphatic carbocycles. The van der Waals surface area contributed by atoms with Crippen LogP contribution in [0.1, 0.15) is 24.0 Å². The highest BCUT2D eigenvalue weighted by atomic mass is 32.2. The molecular weight excluding hydrogens is 376 g/mol. The molecule has 2 aliphatic rings. The van der Waals surface area contributed by atoms with Crippen molar-refractivity contribution in [2.24, 2.45) is 5.92 Å². The molecule has 0 aromatic heterocycles. The number of anilines is 1. The van der Waals surface area contributed by atoms with Crippen molar-refractivity contribution in [3.63, 3.8) is 0 Å². The van der Waals surface area contributed by atoms with E-state index in [1.54, 1.807) is 0 Å². The first-order valence-corrected chi connectivity index (χ1v) is 11.4. The fourth-order valence-corrected chi connectivity index (χ4v) is 5.28. The molecule has 0 radical (unpaired) electrons. The predicted molar refractivity (Wildman–Crippen MR) is 112 cm³/mol. The van der Waals surface area contributed by atoms with Gasteiger partial charge in [-0.15, -0.1) is 0 Å². The third-order valence-corrected chi connectivity index (χ3v) is 7.94. The van der Waals surface area contributed by atoms with Crippen LogP contribution in [0, 0.1) is 19.8 Å². The molecule has 1 aromatic carbocycles. The van der Waals surface area contributed by atoms with Gasteiger partial charge in [-0.1, -0.05) is 12.1 Å². The van der Waals surface area contributed by atoms with Gasteiger partial charge in [0, 0.05) is 59.1 Å². The van der Waals surface area contributed by atoms with Gasteiger partial charge in [0.15, 0.2) is 0 Å². The van der Waals surface area contributed by atoms with Crippen LogP contribution in [-0.4, -0.2) is 81.2 Å². The number of piperidine rings is 1. The Hall–Kier alpha value is -1.64. The van der Waals surface area contributed by atoms with Crippen LogP contribution in [0.4, 0.5) is 5.69 Å². The summed E-state index contributed by atoms with van der Waals surface area (Å²) >= 11 is 0. The third kappa shape index (κ3) is 4.18. The van der Waals surface area contributed by atoms with E-state index in [0.29, 0.717) is 19.6 Å². The van der Waals surface area contributed by atoms with Gasteiger partial charge in [-0.3, -0.25) is 4.79 Å². The summed E-state index contributed by atoms with van der Waals surface area (Å²) in [7, 11) is -0.393. The van der Waals surface area contributed by atoms with Crippen molar-refractivity contribution in [2.75, 3.05) is 58.3 Å². The van der Waals surface area contributed by atoms with E-state index in [4.69, 9.17) is 0 Å². The fraction of sp³-hybridized carbons (Fsp3) is 0.650. The van der Waals surface area contributed by atoms with E-state index in [9.17, 15) is 13.2 Å². The molecule has 0 spiro atoms. The average molecular weight is 409 g/mol. The SMILES string of the molecule is Cc1cccc(N2CCN(C(=O)[C@H]3CCCN(S(=O)(=O)N(C)C)C3)CC2)c1C. The van der Waals surface area contributed by atoms with Crippen molar-refractivity contribution in [2.45, 2.75) is 26.7 Å². The predicted octanol–water partition coefficient (Wildman–Crippen LogP) is 1.47. The minimum absolute atomic E-state index is 0.0965. The summed E-state index contributed by atoms with van der Waals surface area (Å²) in [6.07, 6.45) is 1.49. The van der Waals surface area contributed by atoms with Crippen LogP contribution in [0.3, 0.4) is 0 Å². The largest absolute Gasteiger partial charge is 0.368 e. The number of nitrogens with zero attached hydrogens (tertiary/aromatic N) is 4. The second kappa shape index (κ2) is 8.39. The van der Waals surface area contributed by atoms with E-state index in [-0.39, 0.29) is 18.4 Å². The van der Waals surface area contributed by atoms with E-state index < -0.39 is 10.2 Å². The zero-order chi connectivity index (χ0) is 20.5. The molecule has 0 bridgehead atoms. The lowest BCUT2D eigenvalue weighted by atomic mass is 9.97. The lowest BCUT2D eigenvalue weighted by molar-refractivity contribution is -0.137. The highest BCUT2D eigenvalue weighted by Gasteiger charge is 2.36. The molecule has 8 heteroatoms.